The first kappa shape index (κ1) is 8.73. The lowest BCUT2D eigenvalue weighted by molar-refractivity contribution is 0.349. The smallest absolute Gasteiger partial charge is 0.0488 e. The largest absolute Gasteiger partial charge is 0.271 e. The van der Waals surface area contributed by atoms with E-state index in [1.165, 1.54) is 24.0 Å². The van der Waals surface area contributed by atoms with E-state index in [4.69, 9.17) is 5.84 Å². The molecule has 0 radical (unpaired) electrons. The highest BCUT2D eigenvalue weighted by molar-refractivity contribution is 5.32. The van der Waals surface area contributed by atoms with Gasteiger partial charge >= 0.3 is 0 Å². The van der Waals surface area contributed by atoms with Crippen molar-refractivity contribution in [2.24, 2.45) is 11.8 Å². The van der Waals surface area contributed by atoms with Crippen LogP contribution in [0.5, 0.6) is 0 Å². The minimum atomic E-state index is 0.338. The zero-order valence-corrected chi connectivity index (χ0v) is 7.96. The summed E-state index contributed by atoms with van der Waals surface area (Å²) in [6, 6.07) is 8.90. The Morgan fingerprint density at radius 2 is 2.15 bits per heavy atom. The lowest BCUT2D eigenvalue weighted by atomic mass is 9.81. The van der Waals surface area contributed by atoms with Crippen molar-refractivity contribution in [1.29, 1.82) is 0 Å². The maximum Gasteiger partial charge on any atom is 0.0488 e. The quantitative estimate of drug-likeness (QED) is 0.505. The van der Waals surface area contributed by atoms with Gasteiger partial charge in [0.15, 0.2) is 0 Å². The molecule has 0 heterocycles. The Balaban J connectivity index is 2.39. The molecule has 1 aliphatic carbocycles. The average molecular weight is 176 g/mol. The number of aryl methyl sites for hydroxylation is 1. The SMILES string of the molecule is C[C@@H]1CCc2ccccc2[C@H]1NN. The Kier molecular flexibility index (Phi) is 2.34. The topological polar surface area (TPSA) is 38.0 Å². The van der Waals surface area contributed by atoms with Crippen LogP contribution in [0.25, 0.3) is 0 Å². The number of hydrazine groups is 1. The van der Waals surface area contributed by atoms with Crippen molar-refractivity contribution in [3.63, 3.8) is 0 Å². The van der Waals surface area contributed by atoms with Crippen molar-refractivity contribution in [2.45, 2.75) is 25.8 Å². The van der Waals surface area contributed by atoms with Crippen molar-refractivity contribution in [3.8, 4) is 0 Å². The summed E-state index contributed by atoms with van der Waals surface area (Å²) in [5, 5.41) is 0. The zero-order chi connectivity index (χ0) is 9.26. The predicted octanol–water partition coefficient (Wildman–Crippen LogP) is 1.77. The third-order valence-corrected chi connectivity index (χ3v) is 3.01. The predicted molar refractivity (Wildman–Crippen MR) is 54.0 cm³/mol. The summed E-state index contributed by atoms with van der Waals surface area (Å²) in [4.78, 5) is 0. The van der Waals surface area contributed by atoms with E-state index in [2.05, 4.69) is 36.6 Å². The normalized spacial score (nSPS) is 26.9. The highest BCUT2D eigenvalue weighted by atomic mass is 15.2. The van der Waals surface area contributed by atoms with E-state index in [0.29, 0.717) is 12.0 Å². The van der Waals surface area contributed by atoms with Gasteiger partial charge in [0.2, 0.25) is 0 Å². The molecule has 70 valence electrons. The molecule has 3 N–H and O–H groups in total. The summed E-state index contributed by atoms with van der Waals surface area (Å²) in [7, 11) is 0. The van der Waals surface area contributed by atoms with Crippen LogP contribution in [0.3, 0.4) is 0 Å². The van der Waals surface area contributed by atoms with Crippen LogP contribution in [0.1, 0.15) is 30.5 Å². The lowest BCUT2D eigenvalue weighted by Crippen LogP contribution is -2.35. The first-order chi connectivity index (χ1) is 6.33. The molecule has 0 aromatic heterocycles. The molecule has 0 bridgehead atoms. The zero-order valence-electron chi connectivity index (χ0n) is 7.96. The Hall–Kier alpha value is -0.860. The van der Waals surface area contributed by atoms with Crippen molar-refractivity contribution in [2.75, 3.05) is 0 Å². The fraction of sp³-hybridized carbons (Fsp3) is 0.455. The molecule has 2 nitrogen and oxygen atoms in total. The second-order valence-corrected chi connectivity index (χ2v) is 3.86. The summed E-state index contributed by atoms with van der Waals surface area (Å²) in [5.74, 6) is 6.20. The number of rotatable bonds is 1. The van der Waals surface area contributed by atoms with Crippen LogP contribution in [-0.2, 0) is 6.42 Å². The fourth-order valence-electron chi connectivity index (χ4n) is 2.18. The lowest BCUT2D eigenvalue weighted by Gasteiger charge is -2.30. The summed E-state index contributed by atoms with van der Waals surface area (Å²) < 4.78 is 0. The monoisotopic (exact) mass is 176 g/mol. The number of nitrogens with two attached hydrogens (primary N) is 1. The molecular formula is C11H16N2. The maximum absolute atomic E-state index is 5.56. The van der Waals surface area contributed by atoms with Crippen LogP contribution in [0.15, 0.2) is 24.3 Å². The number of benzene rings is 1. The van der Waals surface area contributed by atoms with Gasteiger partial charge in [0, 0.05) is 6.04 Å². The highest BCUT2D eigenvalue weighted by Gasteiger charge is 2.24. The first-order valence-corrected chi connectivity index (χ1v) is 4.87. The third-order valence-electron chi connectivity index (χ3n) is 3.01. The molecule has 0 unspecified atom stereocenters. The van der Waals surface area contributed by atoms with Gasteiger partial charge in [-0.15, -0.1) is 0 Å². The molecule has 0 spiro atoms. The molecule has 2 rings (SSSR count). The molecule has 2 heteroatoms. The highest BCUT2D eigenvalue weighted by Crippen LogP contribution is 2.33. The number of nitrogens with one attached hydrogen (secondary N) is 1. The van der Waals surface area contributed by atoms with Crippen LogP contribution in [0.4, 0.5) is 0 Å². The Labute approximate surface area is 79.1 Å². The minimum absolute atomic E-state index is 0.338. The maximum atomic E-state index is 5.56. The van der Waals surface area contributed by atoms with Crippen LogP contribution in [-0.4, -0.2) is 0 Å². The van der Waals surface area contributed by atoms with Crippen LogP contribution in [0, 0.1) is 5.92 Å². The van der Waals surface area contributed by atoms with Gasteiger partial charge in [-0.25, -0.2) is 0 Å². The molecule has 1 aromatic carbocycles. The van der Waals surface area contributed by atoms with Gasteiger partial charge < -0.3 is 0 Å². The van der Waals surface area contributed by atoms with E-state index in [9.17, 15) is 0 Å². The van der Waals surface area contributed by atoms with Gasteiger partial charge in [0.25, 0.3) is 0 Å². The van der Waals surface area contributed by atoms with Crippen molar-refractivity contribution < 1.29 is 0 Å². The number of fused-ring (bicyclic) bond motifs is 1. The second kappa shape index (κ2) is 3.48. The Morgan fingerprint density at radius 1 is 1.38 bits per heavy atom. The van der Waals surface area contributed by atoms with E-state index < -0.39 is 0 Å². The molecule has 0 aliphatic heterocycles. The summed E-state index contributed by atoms with van der Waals surface area (Å²) in [6.45, 7) is 2.25. The second-order valence-electron chi connectivity index (χ2n) is 3.86. The molecule has 0 fully saturated rings. The van der Waals surface area contributed by atoms with E-state index in [1.54, 1.807) is 0 Å². The summed E-state index contributed by atoms with van der Waals surface area (Å²) >= 11 is 0. The van der Waals surface area contributed by atoms with Gasteiger partial charge in [-0.1, -0.05) is 31.2 Å². The van der Waals surface area contributed by atoms with E-state index in [-0.39, 0.29) is 0 Å². The molecule has 0 saturated heterocycles. The number of hydrogen-bond acceptors (Lipinski definition) is 2. The van der Waals surface area contributed by atoms with Crippen LogP contribution in [0.2, 0.25) is 0 Å². The molecule has 13 heavy (non-hydrogen) atoms. The first-order valence-electron chi connectivity index (χ1n) is 4.87. The standard InChI is InChI=1S/C11H16N2/c1-8-6-7-9-4-2-3-5-10(9)11(8)13-12/h2-5,8,11,13H,6-7,12H2,1H3/t8-,11+/m1/s1. The van der Waals surface area contributed by atoms with Gasteiger partial charge in [0.05, 0.1) is 0 Å². The average Bonchev–Trinajstić information content (AvgIpc) is 2.18. The van der Waals surface area contributed by atoms with Gasteiger partial charge in [-0.2, -0.15) is 0 Å². The van der Waals surface area contributed by atoms with E-state index in [0.717, 1.165) is 0 Å². The molecule has 0 saturated carbocycles. The molecular weight excluding hydrogens is 160 g/mol. The van der Waals surface area contributed by atoms with Gasteiger partial charge in [-0.3, -0.25) is 11.3 Å². The van der Waals surface area contributed by atoms with Crippen LogP contribution < -0.4 is 11.3 Å². The van der Waals surface area contributed by atoms with Crippen LogP contribution >= 0.6 is 0 Å². The Morgan fingerprint density at radius 3 is 2.92 bits per heavy atom. The van der Waals surface area contributed by atoms with E-state index in [1.807, 2.05) is 0 Å². The molecule has 2 atom stereocenters. The molecule has 0 amide bonds. The van der Waals surface area contributed by atoms with Crippen molar-refractivity contribution in [3.05, 3.63) is 35.4 Å². The number of hydrogen-bond donors (Lipinski definition) is 2. The molecule has 1 aromatic rings. The minimum Gasteiger partial charge on any atom is -0.271 e. The van der Waals surface area contributed by atoms with Crippen molar-refractivity contribution >= 4 is 0 Å². The van der Waals surface area contributed by atoms with Gasteiger partial charge in [-0.05, 0) is 29.9 Å². The summed E-state index contributed by atoms with van der Waals surface area (Å²) in [5.41, 5.74) is 5.74. The third kappa shape index (κ3) is 1.47. The van der Waals surface area contributed by atoms with Gasteiger partial charge in [0.1, 0.15) is 0 Å². The van der Waals surface area contributed by atoms with E-state index >= 15 is 0 Å². The molecule has 1 aliphatic rings. The Bertz CT molecular complexity index is 296. The van der Waals surface area contributed by atoms with Crippen molar-refractivity contribution in [1.82, 2.24) is 5.43 Å². The summed E-state index contributed by atoms with van der Waals surface area (Å²) in [6.07, 6.45) is 2.42. The fourth-order valence-corrected chi connectivity index (χ4v) is 2.18.